The van der Waals surface area contributed by atoms with Crippen LogP contribution in [0.1, 0.15) is 25.0 Å². The third kappa shape index (κ3) is 4.01. The molecule has 0 bridgehead atoms. The number of aromatic nitrogens is 1. The molecular weight excluding hydrogens is 242 g/mol. The number of rotatable bonds is 7. The van der Waals surface area contributed by atoms with Crippen LogP contribution in [0.2, 0.25) is 0 Å². The Bertz CT molecular complexity index is 406. The lowest BCUT2D eigenvalue weighted by atomic mass is 10.2. The summed E-state index contributed by atoms with van der Waals surface area (Å²) in [5.74, 6) is 0.00482. The molecule has 0 radical (unpaired) electrons. The summed E-state index contributed by atoms with van der Waals surface area (Å²) in [4.78, 5) is 18.5. The fourth-order valence-corrected chi connectivity index (χ4v) is 2.02. The molecule has 2 N–H and O–H groups in total. The van der Waals surface area contributed by atoms with Gasteiger partial charge in [0.25, 0.3) is 0 Å². The van der Waals surface area contributed by atoms with Crippen LogP contribution in [0.15, 0.2) is 24.4 Å². The summed E-state index contributed by atoms with van der Waals surface area (Å²) in [7, 11) is 1.61. The van der Waals surface area contributed by atoms with E-state index in [9.17, 15) is 4.79 Å². The molecule has 1 saturated carbocycles. The zero-order valence-electron chi connectivity index (χ0n) is 11.3. The Morgan fingerprint density at radius 3 is 2.95 bits per heavy atom. The minimum atomic E-state index is -0.482. The first kappa shape index (κ1) is 14.0. The maximum Gasteiger partial charge on any atom is 0.240 e. The van der Waals surface area contributed by atoms with Crippen molar-refractivity contribution in [3.63, 3.8) is 0 Å². The lowest BCUT2D eigenvalue weighted by Gasteiger charge is -2.25. The number of carbonyl (C=O) groups is 1. The number of nitrogens with two attached hydrogens (primary N) is 1. The molecule has 1 unspecified atom stereocenters. The Balaban J connectivity index is 1.97. The van der Waals surface area contributed by atoms with Gasteiger partial charge < -0.3 is 15.4 Å². The molecule has 19 heavy (non-hydrogen) atoms. The van der Waals surface area contributed by atoms with Gasteiger partial charge in [-0.2, -0.15) is 0 Å². The van der Waals surface area contributed by atoms with E-state index in [-0.39, 0.29) is 5.91 Å². The summed E-state index contributed by atoms with van der Waals surface area (Å²) in [5, 5.41) is 0. The van der Waals surface area contributed by atoms with Gasteiger partial charge in [0, 0.05) is 26.0 Å². The Hall–Kier alpha value is -1.46. The van der Waals surface area contributed by atoms with Crippen molar-refractivity contribution in [2.75, 3.05) is 13.7 Å². The molecule has 1 aliphatic carbocycles. The Labute approximate surface area is 113 Å². The molecule has 104 valence electrons. The summed E-state index contributed by atoms with van der Waals surface area (Å²) in [6.07, 6.45) is 4.43. The summed E-state index contributed by atoms with van der Waals surface area (Å²) in [5.41, 5.74) is 6.84. The quantitative estimate of drug-likeness (QED) is 0.795. The van der Waals surface area contributed by atoms with Gasteiger partial charge in [-0.15, -0.1) is 0 Å². The molecular formula is C14H21N3O2. The third-order valence-corrected chi connectivity index (χ3v) is 3.28. The van der Waals surface area contributed by atoms with Crippen molar-refractivity contribution in [3.05, 3.63) is 30.1 Å². The predicted octanol–water partition coefficient (Wildman–Crippen LogP) is 0.936. The number of pyridine rings is 1. The van der Waals surface area contributed by atoms with Crippen LogP contribution in [-0.2, 0) is 16.1 Å². The molecule has 5 heteroatoms. The monoisotopic (exact) mass is 263 g/mol. The molecule has 5 nitrogen and oxygen atoms in total. The number of nitrogens with zero attached hydrogens (tertiary/aromatic N) is 2. The number of hydrogen-bond acceptors (Lipinski definition) is 4. The highest BCUT2D eigenvalue weighted by atomic mass is 16.5. The Kier molecular flexibility index (Phi) is 4.87. The lowest BCUT2D eigenvalue weighted by molar-refractivity contribution is -0.134. The fraction of sp³-hybridized carbons (Fsp3) is 0.571. The molecule has 0 spiro atoms. The number of carbonyl (C=O) groups excluding carboxylic acids is 1. The molecule has 0 aromatic carbocycles. The molecule has 1 aromatic heterocycles. The van der Waals surface area contributed by atoms with Crippen molar-refractivity contribution in [2.45, 2.75) is 37.9 Å². The molecule has 1 fully saturated rings. The molecule has 1 aliphatic rings. The van der Waals surface area contributed by atoms with Gasteiger partial charge in [0.15, 0.2) is 0 Å². The first-order valence-corrected chi connectivity index (χ1v) is 6.67. The summed E-state index contributed by atoms with van der Waals surface area (Å²) < 4.78 is 4.97. The van der Waals surface area contributed by atoms with Gasteiger partial charge in [-0.05, 0) is 31.4 Å². The standard InChI is InChI=1S/C14H21N3O2/c1-19-9-7-13(15)14(18)17(12-5-6-12)10-11-4-2-3-8-16-11/h2-4,8,12-13H,5-7,9-10,15H2,1H3. The number of methoxy groups -OCH3 is 1. The first-order valence-electron chi connectivity index (χ1n) is 6.67. The number of ether oxygens (including phenoxy) is 1. The second-order valence-electron chi connectivity index (χ2n) is 4.91. The third-order valence-electron chi connectivity index (χ3n) is 3.28. The highest BCUT2D eigenvalue weighted by molar-refractivity contribution is 5.82. The predicted molar refractivity (Wildman–Crippen MR) is 72.3 cm³/mol. The number of amides is 1. The van der Waals surface area contributed by atoms with Crippen molar-refractivity contribution in [3.8, 4) is 0 Å². The maximum atomic E-state index is 12.4. The van der Waals surface area contributed by atoms with Crippen molar-refractivity contribution in [1.29, 1.82) is 0 Å². The van der Waals surface area contributed by atoms with Crippen molar-refractivity contribution < 1.29 is 9.53 Å². The van der Waals surface area contributed by atoms with Gasteiger partial charge in [-0.3, -0.25) is 9.78 Å². The van der Waals surface area contributed by atoms with E-state index in [4.69, 9.17) is 10.5 Å². The van der Waals surface area contributed by atoms with Gasteiger partial charge in [-0.25, -0.2) is 0 Å². The van der Waals surface area contributed by atoms with Crippen LogP contribution >= 0.6 is 0 Å². The second kappa shape index (κ2) is 6.63. The van der Waals surface area contributed by atoms with E-state index in [0.717, 1.165) is 18.5 Å². The molecule has 2 rings (SSSR count). The summed E-state index contributed by atoms with van der Waals surface area (Å²) >= 11 is 0. The molecule has 1 heterocycles. The van der Waals surface area contributed by atoms with Crippen LogP contribution in [0, 0.1) is 0 Å². The largest absolute Gasteiger partial charge is 0.385 e. The Morgan fingerprint density at radius 2 is 2.37 bits per heavy atom. The smallest absolute Gasteiger partial charge is 0.240 e. The van der Waals surface area contributed by atoms with Crippen molar-refractivity contribution in [1.82, 2.24) is 9.88 Å². The van der Waals surface area contributed by atoms with Crippen LogP contribution < -0.4 is 5.73 Å². The van der Waals surface area contributed by atoms with E-state index in [1.165, 1.54) is 0 Å². The van der Waals surface area contributed by atoms with Crippen molar-refractivity contribution in [2.24, 2.45) is 5.73 Å². The number of hydrogen-bond donors (Lipinski definition) is 1. The van der Waals surface area contributed by atoms with E-state index in [1.54, 1.807) is 13.3 Å². The molecule has 0 saturated heterocycles. The van der Waals surface area contributed by atoms with E-state index in [2.05, 4.69) is 4.98 Å². The van der Waals surface area contributed by atoms with Gasteiger partial charge in [0.2, 0.25) is 5.91 Å². The summed E-state index contributed by atoms with van der Waals surface area (Å²) in [6, 6.07) is 5.59. The van der Waals surface area contributed by atoms with E-state index < -0.39 is 6.04 Å². The second-order valence-corrected chi connectivity index (χ2v) is 4.91. The van der Waals surface area contributed by atoms with Crippen LogP contribution in [0.4, 0.5) is 0 Å². The highest BCUT2D eigenvalue weighted by Gasteiger charge is 2.34. The van der Waals surface area contributed by atoms with Crippen LogP contribution in [0.5, 0.6) is 0 Å². The van der Waals surface area contributed by atoms with Crippen LogP contribution in [0.25, 0.3) is 0 Å². The average molecular weight is 263 g/mol. The fourth-order valence-electron chi connectivity index (χ4n) is 2.02. The van der Waals surface area contributed by atoms with Gasteiger partial charge in [0.1, 0.15) is 0 Å². The minimum absolute atomic E-state index is 0.00482. The zero-order chi connectivity index (χ0) is 13.7. The van der Waals surface area contributed by atoms with E-state index in [0.29, 0.717) is 25.6 Å². The van der Waals surface area contributed by atoms with E-state index in [1.807, 2.05) is 23.1 Å². The van der Waals surface area contributed by atoms with Gasteiger partial charge in [0.05, 0.1) is 18.3 Å². The summed E-state index contributed by atoms with van der Waals surface area (Å²) in [6.45, 7) is 1.06. The Morgan fingerprint density at radius 1 is 1.58 bits per heavy atom. The normalized spacial score (nSPS) is 16.1. The minimum Gasteiger partial charge on any atom is -0.385 e. The highest BCUT2D eigenvalue weighted by Crippen LogP contribution is 2.28. The molecule has 0 aliphatic heterocycles. The first-order chi connectivity index (χ1) is 9.22. The van der Waals surface area contributed by atoms with Crippen LogP contribution in [-0.4, -0.2) is 41.6 Å². The SMILES string of the molecule is COCCC(N)C(=O)N(Cc1ccccn1)C1CC1. The van der Waals surface area contributed by atoms with Gasteiger partial charge in [-0.1, -0.05) is 6.07 Å². The van der Waals surface area contributed by atoms with Crippen molar-refractivity contribution >= 4 is 5.91 Å². The zero-order valence-corrected chi connectivity index (χ0v) is 11.3. The van der Waals surface area contributed by atoms with Crippen LogP contribution in [0.3, 0.4) is 0 Å². The molecule has 1 atom stereocenters. The lowest BCUT2D eigenvalue weighted by Crippen LogP contribution is -2.45. The topological polar surface area (TPSA) is 68.5 Å². The average Bonchev–Trinajstić information content (AvgIpc) is 3.27. The maximum absolute atomic E-state index is 12.4. The molecule has 1 amide bonds. The molecule has 1 aromatic rings. The van der Waals surface area contributed by atoms with Gasteiger partial charge >= 0.3 is 0 Å². The van der Waals surface area contributed by atoms with E-state index >= 15 is 0 Å².